The van der Waals surface area contributed by atoms with Crippen molar-refractivity contribution in [1.29, 1.82) is 0 Å². The number of halogens is 1. The zero-order valence-corrected chi connectivity index (χ0v) is 17.4. The van der Waals surface area contributed by atoms with E-state index in [2.05, 4.69) is 12.2 Å². The molecule has 0 radical (unpaired) electrons. The number of carbonyl (C=O) groups excluding carboxylic acids is 1. The van der Waals surface area contributed by atoms with Crippen LogP contribution in [-0.2, 0) is 14.8 Å². The van der Waals surface area contributed by atoms with Crippen molar-refractivity contribution in [3.8, 4) is 0 Å². The molecule has 2 aliphatic rings. The van der Waals surface area contributed by atoms with E-state index in [1.165, 1.54) is 23.6 Å². The van der Waals surface area contributed by atoms with Gasteiger partial charge in [-0.15, -0.1) is 11.3 Å². The molecule has 2 unspecified atom stereocenters. The molecule has 9 heteroatoms. The van der Waals surface area contributed by atoms with Crippen molar-refractivity contribution in [2.24, 2.45) is 5.92 Å². The summed E-state index contributed by atoms with van der Waals surface area (Å²) in [6.07, 6.45) is 4.66. The summed E-state index contributed by atoms with van der Waals surface area (Å²) in [7, 11) is -3.48. The largest absolute Gasteiger partial charge is 0.352 e. The third-order valence-electron chi connectivity index (χ3n) is 5.30. The summed E-state index contributed by atoms with van der Waals surface area (Å²) in [4.78, 5) is 14.4. The molecule has 26 heavy (non-hydrogen) atoms. The number of carbonyl (C=O) groups is 1. The van der Waals surface area contributed by atoms with Gasteiger partial charge in [-0.25, -0.2) is 8.42 Å². The molecule has 6 nitrogen and oxygen atoms in total. The van der Waals surface area contributed by atoms with Gasteiger partial charge in [0.15, 0.2) is 0 Å². The fraction of sp³-hybridized carbons (Fsp3) is 0.706. The van der Waals surface area contributed by atoms with Gasteiger partial charge in [0.05, 0.1) is 10.9 Å². The molecule has 2 heterocycles. The Kier molecular flexibility index (Phi) is 6.61. The smallest absolute Gasteiger partial charge is 0.252 e. The molecule has 1 aromatic heterocycles. The normalized spacial score (nSPS) is 25.9. The molecule has 1 saturated carbocycles. The van der Waals surface area contributed by atoms with Gasteiger partial charge in [0.2, 0.25) is 5.91 Å². The van der Waals surface area contributed by atoms with Crippen molar-refractivity contribution in [2.75, 3.05) is 32.7 Å². The zero-order valence-electron chi connectivity index (χ0n) is 15.0. The molecule has 0 bridgehead atoms. The van der Waals surface area contributed by atoms with E-state index in [1.807, 2.05) is 4.90 Å². The summed E-state index contributed by atoms with van der Waals surface area (Å²) in [5, 5.41) is 3.16. The minimum absolute atomic E-state index is 0.0464. The van der Waals surface area contributed by atoms with Crippen LogP contribution in [0.25, 0.3) is 0 Å². The molecule has 1 amide bonds. The van der Waals surface area contributed by atoms with Crippen LogP contribution in [0, 0.1) is 5.92 Å². The van der Waals surface area contributed by atoms with Crippen LogP contribution in [0.2, 0.25) is 4.34 Å². The molecule has 1 saturated heterocycles. The van der Waals surface area contributed by atoms with Gasteiger partial charge in [-0.3, -0.25) is 9.69 Å². The number of nitrogens with zero attached hydrogens (tertiary/aromatic N) is 2. The Balaban J connectivity index is 1.48. The third-order valence-corrected chi connectivity index (χ3v) is 8.90. The Morgan fingerprint density at radius 2 is 1.92 bits per heavy atom. The second-order valence-corrected chi connectivity index (χ2v) is 11.1. The highest BCUT2D eigenvalue weighted by Gasteiger charge is 2.30. The van der Waals surface area contributed by atoms with Crippen LogP contribution in [0.15, 0.2) is 16.3 Å². The Hall–Kier alpha value is -0.670. The Bertz CT molecular complexity index is 729. The molecule has 0 spiro atoms. The van der Waals surface area contributed by atoms with Crippen molar-refractivity contribution in [3.05, 3.63) is 16.5 Å². The van der Waals surface area contributed by atoms with E-state index in [9.17, 15) is 13.2 Å². The molecule has 1 aliphatic heterocycles. The van der Waals surface area contributed by atoms with Gasteiger partial charge in [-0.1, -0.05) is 31.4 Å². The van der Waals surface area contributed by atoms with E-state index in [-0.39, 0.29) is 16.2 Å². The molecule has 1 aromatic rings. The number of piperazine rings is 1. The second-order valence-electron chi connectivity index (χ2n) is 7.17. The maximum absolute atomic E-state index is 12.6. The van der Waals surface area contributed by atoms with Gasteiger partial charge in [0.25, 0.3) is 10.0 Å². The van der Waals surface area contributed by atoms with Gasteiger partial charge < -0.3 is 5.32 Å². The monoisotopic (exact) mass is 419 g/mol. The first-order valence-corrected chi connectivity index (χ1v) is 11.8. The molecule has 3 rings (SSSR count). The second kappa shape index (κ2) is 8.56. The molecule has 146 valence electrons. The first-order chi connectivity index (χ1) is 12.4. The minimum Gasteiger partial charge on any atom is -0.352 e. The van der Waals surface area contributed by atoms with E-state index in [4.69, 9.17) is 11.6 Å². The zero-order chi connectivity index (χ0) is 18.7. The van der Waals surface area contributed by atoms with Crippen LogP contribution >= 0.6 is 22.9 Å². The van der Waals surface area contributed by atoms with Crippen molar-refractivity contribution in [1.82, 2.24) is 14.5 Å². The Labute approximate surface area is 164 Å². The standard InChI is InChI=1S/C17H26ClN3O3S2/c1-13-4-2-3-5-14(13)19-16(22)12-20-8-10-21(11-9-20)26(23,24)17-7-6-15(18)25-17/h6-7,13-14H,2-5,8-12H2,1H3,(H,19,22). The molecular formula is C17H26ClN3O3S2. The highest BCUT2D eigenvalue weighted by Crippen LogP contribution is 2.28. The number of thiophene rings is 1. The number of amides is 1. The van der Waals surface area contributed by atoms with Crippen LogP contribution in [0.1, 0.15) is 32.6 Å². The predicted octanol–water partition coefficient (Wildman–Crippen LogP) is 2.40. The summed E-state index contributed by atoms with van der Waals surface area (Å²) < 4.78 is 27.4. The number of sulfonamides is 1. The molecule has 1 N–H and O–H groups in total. The highest BCUT2D eigenvalue weighted by atomic mass is 35.5. The summed E-state index contributed by atoms with van der Waals surface area (Å²) in [5.74, 6) is 0.581. The molecule has 0 aromatic carbocycles. The summed E-state index contributed by atoms with van der Waals surface area (Å²) >= 11 is 6.94. The topological polar surface area (TPSA) is 69.7 Å². The number of hydrogen-bond acceptors (Lipinski definition) is 5. The van der Waals surface area contributed by atoms with Crippen LogP contribution in [0.5, 0.6) is 0 Å². The first-order valence-electron chi connectivity index (χ1n) is 9.13. The van der Waals surface area contributed by atoms with Crippen molar-refractivity contribution >= 4 is 38.9 Å². The average Bonchev–Trinajstić information content (AvgIpc) is 3.05. The van der Waals surface area contributed by atoms with Crippen molar-refractivity contribution in [3.63, 3.8) is 0 Å². The highest BCUT2D eigenvalue weighted by molar-refractivity contribution is 7.91. The van der Waals surface area contributed by atoms with Gasteiger partial charge >= 0.3 is 0 Å². The minimum atomic E-state index is -3.48. The number of hydrogen-bond donors (Lipinski definition) is 1. The summed E-state index contributed by atoms with van der Waals surface area (Å²) in [6.45, 7) is 4.44. The van der Waals surface area contributed by atoms with Gasteiger partial charge in [-0.05, 0) is 30.9 Å². The van der Waals surface area contributed by atoms with E-state index in [0.717, 1.165) is 17.8 Å². The van der Waals surface area contributed by atoms with Gasteiger partial charge in [0.1, 0.15) is 4.21 Å². The average molecular weight is 420 g/mol. The van der Waals surface area contributed by atoms with E-state index in [0.29, 0.717) is 43.0 Å². The van der Waals surface area contributed by atoms with E-state index < -0.39 is 10.0 Å². The lowest BCUT2D eigenvalue weighted by Crippen LogP contribution is -2.52. The van der Waals surface area contributed by atoms with Crippen LogP contribution in [-0.4, -0.2) is 62.3 Å². The van der Waals surface area contributed by atoms with Crippen LogP contribution in [0.4, 0.5) is 0 Å². The lowest BCUT2D eigenvalue weighted by atomic mass is 9.86. The SMILES string of the molecule is CC1CCCCC1NC(=O)CN1CCN(S(=O)(=O)c2ccc(Cl)s2)CC1. The van der Waals surface area contributed by atoms with Crippen LogP contribution < -0.4 is 5.32 Å². The molecule has 1 aliphatic carbocycles. The number of rotatable bonds is 5. The predicted molar refractivity (Wildman–Crippen MR) is 104 cm³/mol. The first kappa shape index (κ1) is 20.1. The maximum atomic E-state index is 12.6. The maximum Gasteiger partial charge on any atom is 0.252 e. The van der Waals surface area contributed by atoms with E-state index in [1.54, 1.807) is 12.1 Å². The number of nitrogens with one attached hydrogen (secondary N) is 1. The lowest BCUT2D eigenvalue weighted by Gasteiger charge is -2.34. The van der Waals surface area contributed by atoms with Crippen LogP contribution in [0.3, 0.4) is 0 Å². The van der Waals surface area contributed by atoms with Crippen molar-refractivity contribution in [2.45, 2.75) is 42.9 Å². The summed E-state index contributed by atoms with van der Waals surface area (Å²) in [5.41, 5.74) is 0. The molecular weight excluding hydrogens is 394 g/mol. The molecule has 2 fully saturated rings. The Morgan fingerprint density at radius 1 is 1.23 bits per heavy atom. The fourth-order valence-electron chi connectivity index (χ4n) is 3.68. The molecule has 2 atom stereocenters. The summed E-state index contributed by atoms with van der Waals surface area (Å²) in [6, 6.07) is 3.43. The lowest BCUT2D eigenvalue weighted by molar-refractivity contribution is -0.123. The fourth-order valence-corrected chi connectivity index (χ4v) is 6.74. The van der Waals surface area contributed by atoms with Gasteiger partial charge in [0, 0.05) is 32.2 Å². The van der Waals surface area contributed by atoms with Crippen molar-refractivity contribution < 1.29 is 13.2 Å². The Morgan fingerprint density at radius 3 is 2.54 bits per heavy atom. The van der Waals surface area contributed by atoms with Gasteiger partial charge in [-0.2, -0.15) is 4.31 Å². The van der Waals surface area contributed by atoms with E-state index >= 15 is 0 Å². The quantitative estimate of drug-likeness (QED) is 0.795. The third kappa shape index (κ3) is 4.78.